The Balaban J connectivity index is 1.82. The highest BCUT2D eigenvalue weighted by atomic mass is 16.5. The van der Waals surface area contributed by atoms with Gasteiger partial charge < -0.3 is 4.74 Å². The van der Waals surface area contributed by atoms with Crippen molar-refractivity contribution >= 4 is 16.8 Å². The summed E-state index contributed by atoms with van der Waals surface area (Å²) in [7, 11) is 0. The molecule has 0 bridgehead atoms. The van der Waals surface area contributed by atoms with Gasteiger partial charge in [0.05, 0.1) is 17.4 Å². The first-order chi connectivity index (χ1) is 12.8. The first-order valence-corrected chi connectivity index (χ1v) is 9.05. The van der Waals surface area contributed by atoms with Crippen molar-refractivity contribution in [1.29, 1.82) is 0 Å². The molecule has 1 aliphatic rings. The summed E-state index contributed by atoms with van der Waals surface area (Å²) in [5.74, 6) is 1.40. The highest BCUT2D eigenvalue weighted by molar-refractivity contribution is 5.95. The summed E-state index contributed by atoms with van der Waals surface area (Å²) in [5, 5.41) is 0.665. The van der Waals surface area contributed by atoms with Gasteiger partial charge >= 0.3 is 0 Å². The molecule has 0 atom stereocenters. The monoisotopic (exact) mass is 347 g/mol. The average molecular weight is 347 g/mol. The van der Waals surface area contributed by atoms with E-state index in [0.717, 1.165) is 29.5 Å². The van der Waals surface area contributed by atoms with E-state index < -0.39 is 0 Å². The van der Waals surface area contributed by atoms with Crippen molar-refractivity contribution < 1.29 is 4.74 Å². The van der Waals surface area contributed by atoms with Crippen LogP contribution in [-0.2, 0) is 11.3 Å². The lowest BCUT2D eigenvalue weighted by atomic mass is 10.1. The summed E-state index contributed by atoms with van der Waals surface area (Å²) in [5.41, 5.74) is 2.63. The van der Waals surface area contributed by atoms with Crippen LogP contribution in [0.4, 0.5) is 0 Å². The van der Waals surface area contributed by atoms with Crippen molar-refractivity contribution in [2.45, 2.75) is 26.3 Å². The fraction of sp³-hybridized carbons (Fsp3) is 0.286. The minimum Gasteiger partial charge on any atom is -0.476 e. The van der Waals surface area contributed by atoms with Crippen molar-refractivity contribution in [3.63, 3.8) is 0 Å². The van der Waals surface area contributed by atoms with Crippen molar-refractivity contribution in [1.82, 2.24) is 9.55 Å². The summed E-state index contributed by atoms with van der Waals surface area (Å²) in [4.78, 5) is 22.1. The molecule has 132 valence electrons. The maximum atomic E-state index is 13.0. The maximum Gasteiger partial charge on any atom is 0.261 e. The van der Waals surface area contributed by atoms with Crippen LogP contribution < -0.4 is 5.56 Å². The number of ether oxygens (including phenoxy) is 1. The highest BCUT2D eigenvalue weighted by Crippen LogP contribution is 2.21. The third kappa shape index (κ3) is 3.01. The van der Waals surface area contributed by atoms with Gasteiger partial charge in [-0.3, -0.25) is 9.36 Å². The Morgan fingerprint density at radius 1 is 1.08 bits per heavy atom. The molecule has 5 nitrogen and oxygen atoms in total. The number of aliphatic imine (C=N–C) groups is 1. The molecule has 4 rings (SSSR count). The van der Waals surface area contributed by atoms with Crippen LogP contribution in [0.2, 0.25) is 0 Å². The molecule has 0 N–H and O–H groups in total. The molecule has 0 saturated carbocycles. The Morgan fingerprint density at radius 3 is 2.58 bits per heavy atom. The van der Waals surface area contributed by atoms with Gasteiger partial charge in [-0.2, -0.15) is 0 Å². The van der Waals surface area contributed by atoms with E-state index in [1.165, 1.54) is 0 Å². The zero-order chi connectivity index (χ0) is 17.9. The minimum atomic E-state index is 0.0200. The molecule has 0 amide bonds. The Kier molecular flexibility index (Phi) is 4.52. The molecule has 0 unspecified atom stereocenters. The van der Waals surface area contributed by atoms with Gasteiger partial charge in [0, 0.05) is 17.7 Å². The summed E-state index contributed by atoms with van der Waals surface area (Å²) >= 11 is 0. The zero-order valence-electron chi connectivity index (χ0n) is 14.8. The van der Waals surface area contributed by atoms with Crippen LogP contribution in [-0.4, -0.2) is 28.6 Å². The van der Waals surface area contributed by atoms with E-state index in [-0.39, 0.29) is 5.56 Å². The zero-order valence-corrected chi connectivity index (χ0v) is 14.8. The van der Waals surface area contributed by atoms with Gasteiger partial charge in [-0.25, -0.2) is 9.98 Å². The number of aromatic nitrogens is 2. The summed E-state index contributed by atoms with van der Waals surface area (Å²) in [6.45, 7) is 4.14. The SMILES string of the molecule is CCCCn1c(-c2ccc(C3=NCCO3)cc2)nc2ccccc2c1=O. The minimum absolute atomic E-state index is 0.0200. The van der Waals surface area contributed by atoms with Crippen molar-refractivity contribution in [2.24, 2.45) is 4.99 Å². The number of nitrogens with zero attached hydrogens (tertiary/aromatic N) is 3. The van der Waals surface area contributed by atoms with Gasteiger partial charge in [-0.05, 0) is 30.7 Å². The predicted octanol–water partition coefficient (Wildman–Crippen LogP) is 3.64. The van der Waals surface area contributed by atoms with Crippen LogP contribution in [0.15, 0.2) is 58.3 Å². The van der Waals surface area contributed by atoms with Gasteiger partial charge in [0.2, 0.25) is 5.90 Å². The van der Waals surface area contributed by atoms with Crippen molar-refractivity contribution in [3.8, 4) is 11.4 Å². The molecule has 0 saturated heterocycles. The van der Waals surface area contributed by atoms with Crippen LogP contribution in [0.1, 0.15) is 25.3 Å². The molecule has 1 aromatic heterocycles. The molecule has 0 radical (unpaired) electrons. The first kappa shape index (κ1) is 16.5. The van der Waals surface area contributed by atoms with Crippen LogP contribution in [0.3, 0.4) is 0 Å². The number of fused-ring (bicyclic) bond motifs is 1. The Morgan fingerprint density at radius 2 is 1.85 bits per heavy atom. The lowest BCUT2D eigenvalue weighted by Crippen LogP contribution is -2.23. The first-order valence-electron chi connectivity index (χ1n) is 9.05. The number of benzene rings is 2. The molecule has 0 aliphatic carbocycles. The molecule has 2 heterocycles. The van der Waals surface area contributed by atoms with Gasteiger partial charge in [-0.1, -0.05) is 37.6 Å². The molecule has 26 heavy (non-hydrogen) atoms. The normalized spacial score (nSPS) is 13.7. The smallest absolute Gasteiger partial charge is 0.261 e. The van der Waals surface area contributed by atoms with E-state index in [1.54, 1.807) is 4.57 Å². The summed E-state index contributed by atoms with van der Waals surface area (Å²) < 4.78 is 7.31. The molecule has 3 aromatic rings. The molecular formula is C21H21N3O2. The highest BCUT2D eigenvalue weighted by Gasteiger charge is 2.14. The Hall–Kier alpha value is -2.95. The van der Waals surface area contributed by atoms with Crippen LogP contribution in [0.5, 0.6) is 0 Å². The Bertz CT molecular complexity index is 1020. The molecule has 0 spiro atoms. The number of hydrogen-bond acceptors (Lipinski definition) is 4. The molecule has 1 aliphatic heterocycles. The number of hydrogen-bond donors (Lipinski definition) is 0. The second kappa shape index (κ2) is 7.12. The molecular weight excluding hydrogens is 326 g/mol. The van der Waals surface area contributed by atoms with E-state index in [4.69, 9.17) is 9.72 Å². The van der Waals surface area contributed by atoms with Gasteiger partial charge in [-0.15, -0.1) is 0 Å². The maximum absolute atomic E-state index is 13.0. The van der Waals surface area contributed by atoms with E-state index in [1.807, 2.05) is 48.5 Å². The fourth-order valence-electron chi connectivity index (χ4n) is 3.18. The van der Waals surface area contributed by atoms with E-state index >= 15 is 0 Å². The lowest BCUT2D eigenvalue weighted by molar-refractivity contribution is 0.348. The predicted molar refractivity (Wildman–Crippen MR) is 104 cm³/mol. The average Bonchev–Trinajstić information content (AvgIpc) is 3.22. The number of rotatable bonds is 5. The van der Waals surface area contributed by atoms with Crippen LogP contribution in [0.25, 0.3) is 22.3 Å². The molecule has 5 heteroatoms. The third-order valence-electron chi connectivity index (χ3n) is 4.57. The summed E-state index contributed by atoms with van der Waals surface area (Å²) in [6, 6.07) is 15.4. The quantitative estimate of drug-likeness (QED) is 0.708. The van der Waals surface area contributed by atoms with Gasteiger partial charge in [0.15, 0.2) is 0 Å². The molecule has 0 fully saturated rings. The van der Waals surface area contributed by atoms with Crippen molar-refractivity contribution in [2.75, 3.05) is 13.2 Å². The topological polar surface area (TPSA) is 56.5 Å². The third-order valence-corrected chi connectivity index (χ3v) is 4.57. The van der Waals surface area contributed by atoms with E-state index in [0.29, 0.717) is 36.8 Å². The van der Waals surface area contributed by atoms with Gasteiger partial charge in [0.1, 0.15) is 12.4 Å². The van der Waals surface area contributed by atoms with Crippen molar-refractivity contribution in [3.05, 3.63) is 64.4 Å². The standard InChI is InChI=1S/C21H21N3O2/c1-2-3-13-24-19(23-18-7-5-4-6-17(18)21(24)25)15-8-10-16(11-9-15)20-22-12-14-26-20/h4-11H,2-3,12-14H2,1H3. The molecule has 2 aromatic carbocycles. The van der Waals surface area contributed by atoms with E-state index in [9.17, 15) is 4.79 Å². The number of para-hydroxylation sites is 1. The summed E-state index contributed by atoms with van der Waals surface area (Å²) in [6.07, 6.45) is 1.96. The largest absolute Gasteiger partial charge is 0.476 e. The number of unbranched alkanes of at least 4 members (excludes halogenated alkanes) is 1. The van der Waals surface area contributed by atoms with E-state index in [2.05, 4.69) is 11.9 Å². The fourth-order valence-corrected chi connectivity index (χ4v) is 3.18. The van der Waals surface area contributed by atoms with Gasteiger partial charge in [0.25, 0.3) is 5.56 Å². The second-order valence-electron chi connectivity index (χ2n) is 6.38. The Labute approximate surface area is 152 Å². The lowest BCUT2D eigenvalue weighted by Gasteiger charge is -2.14. The second-order valence-corrected chi connectivity index (χ2v) is 6.38. The van der Waals surface area contributed by atoms with Crippen LogP contribution in [0, 0.1) is 0 Å². The van der Waals surface area contributed by atoms with Crippen LogP contribution >= 0.6 is 0 Å².